The van der Waals surface area contributed by atoms with Gasteiger partial charge in [-0.1, -0.05) is 0 Å². The van der Waals surface area contributed by atoms with Gasteiger partial charge in [0, 0.05) is 24.7 Å². The number of nitrogens with two attached hydrogens (primary N) is 1. The summed E-state index contributed by atoms with van der Waals surface area (Å²) in [6, 6.07) is 3.20. The first-order chi connectivity index (χ1) is 7.38. The Morgan fingerprint density at radius 3 is 3.00 bits per heavy atom. The molecule has 2 bridgehead atoms. The Balaban J connectivity index is 1.80. The summed E-state index contributed by atoms with van der Waals surface area (Å²) in [4.78, 5) is 2.58. The molecule has 0 amide bonds. The first kappa shape index (κ1) is 9.43. The highest BCUT2D eigenvalue weighted by Gasteiger charge is 2.41. The molecule has 82 valence electrons. The lowest BCUT2D eigenvalue weighted by molar-refractivity contribution is 0.152. The zero-order chi connectivity index (χ0) is 10.3. The van der Waals surface area contributed by atoms with Crippen molar-refractivity contribution >= 4 is 0 Å². The maximum absolute atomic E-state index is 5.89. The van der Waals surface area contributed by atoms with Gasteiger partial charge in [0.25, 0.3) is 0 Å². The molecular weight excluding hydrogens is 188 g/mol. The molecule has 1 aromatic heterocycles. The lowest BCUT2D eigenvalue weighted by atomic mass is 10.0. The minimum Gasteiger partial charge on any atom is -0.472 e. The maximum atomic E-state index is 5.89. The van der Waals surface area contributed by atoms with Gasteiger partial charge in [0.05, 0.1) is 18.6 Å². The summed E-state index contributed by atoms with van der Waals surface area (Å²) < 4.78 is 5.15. The summed E-state index contributed by atoms with van der Waals surface area (Å²) in [7, 11) is 0. The van der Waals surface area contributed by atoms with E-state index in [4.69, 9.17) is 10.2 Å². The molecule has 2 N–H and O–H groups in total. The van der Waals surface area contributed by atoms with Crippen LogP contribution in [0, 0.1) is 5.92 Å². The standard InChI is InChI=1S/C12H18N2O/c13-6-12(10-3-4-15-8-10)14-7-9-1-2-11(14)5-9/h3-4,8-9,11-12H,1-2,5-7,13H2. The van der Waals surface area contributed by atoms with Gasteiger partial charge in [0.15, 0.2) is 0 Å². The zero-order valence-corrected chi connectivity index (χ0v) is 8.93. The number of nitrogens with zero attached hydrogens (tertiary/aromatic N) is 1. The van der Waals surface area contributed by atoms with Crippen molar-refractivity contribution < 1.29 is 4.42 Å². The van der Waals surface area contributed by atoms with Crippen molar-refractivity contribution in [3.63, 3.8) is 0 Å². The Labute approximate surface area is 90.2 Å². The third-order valence-corrected chi connectivity index (χ3v) is 4.00. The maximum Gasteiger partial charge on any atom is 0.0950 e. The van der Waals surface area contributed by atoms with Crippen LogP contribution in [0.15, 0.2) is 23.0 Å². The molecule has 1 saturated heterocycles. The minimum absolute atomic E-state index is 0.374. The molecule has 2 aliphatic rings. The summed E-state index contributed by atoms with van der Waals surface area (Å²) >= 11 is 0. The number of furan rings is 1. The van der Waals surface area contributed by atoms with E-state index in [1.165, 1.54) is 31.4 Å². The zero-order valence-electron chi connectivity index (χ0n) is 8.93. The fourth-order valence-corrected chi connectivity index (χ4v) is 3.27. The summed E-state index contributed by atoms with van der Waals surface area (Å²) in [5.41, 5.74) is 7.13. The van der Waals surface area contributed by atoms with E-state index < -0.39 is 0 Å². The van der Waals surface area contributed by atoms with Crippen molar-refractivity contribution in [3.05, 3.63) is 24.2 Å². The average Bonchev–Trinajstić information content (AvgIpc) is 2.94. The van der Waals surface area contributed by atoms with Crippen LogP contribution in [0.3, 0.4) is 0 Å². The first-order valence-electron chi connectivity index (χ1n) is 5.86. The van der Waals surface area contributed by atoms with Crippen LogP contribution >= 0.6 is 0 Å². The third-order valence-electron chi connectivity index (χ3n) is 4.00. The van der Waals surface area contributed by atoms with Gasteiger partial charge in [-0.2, -0.15) is 0 Å². The van der Waals surface area contributed by atoms with Crippen LogP contribution in [0.25, 0.3) is 0 Å². The number of hydrogen-bond acceptors (Lipinski definition) is 3. The van der Waals surface area contributed by atoms with Crippen molar-refractivity contribution in [3.8, 4) is 0 Å². The highest BCUT2D eigenvalue weighted by atomic mass is 16.3. The SMILES string of the molecule is NCC(c1ccoc1)N1CC2CCC1C2. The fraction of sp³-hybridized carbons (Fsp3) is 0.667. The van der Waals surface area contributed by atoms with Crippen LogP contribution in [-0.2, 0) is 0 Å². The van der Waals surface area contributed by atoms with E-state index in [2.05, 4.69) is 4.90 Å². The topological polar surface area (TPSA) is 42.4 Å². The molecule has 3 atom stereocenters. The smallest absolute Gasteiger partial charge is 0.0950 e. The van der Waals surface area contributed by atoms with Gasteiger partial charge >= 0.3 is 0 Å². The van der Waals surface area contributed by atoms with Crippen LogP contribution in [0.4, 0.5) is 0 Å². The molecular formula is C12H18N2O. The molecule has 3 nitrogen and oxygen atoms in total. The van der Waals surface area contributed by atoms with Crippen molar-refractivity contribution in [1.82, 2.24) is 4.90 Å². The lowest BCUT2D eigenvalue weighted by Crippen LogP contribution is -2.39. The van der Waals surface area contributed by atoms with Gasteiger partial charge < -0.3 is 10.2 Å². The first-order valence-corrected chi connectivity index (χ1v) is 5.86. The fourth-order valence-electron chi connectivity index (χ4n) is 3.27. The molecule has 1 aromatic rings. The van der Waals surface area contributed by atoms with E-state index in [0.717, 1.165) is 12.0 Å². The number of piperidine rings is 1. The van der Waals surface area contributed by atoms with Crippen LogP contribution < -0.4 is 5.73 Å². The molecule has 3 unspecified atom stereocenters. The minimum atomic E-state index is 0.374. The van der Waals surface area contributed by atoms with Gasteiger partial charge in [0.2, 0.25) is 0 Å². The Morgan fingerprint density at radius 1 is 1.53 bits per heavy atom. The van der Waals surface area contributed by atoms with E-state index in [1.54, 1.807) is 6.26 Å². The summed E-state index contributed by atoms with van der Waals surface area (Å²) in [5.74, 6) is 0.927. The normalized spacial score (nSPS) is 32.3. The molecule has 2 heterocycles. The van der Waals surface area contributed by atoms with Gasteiger partial charge in [0.1, 0.15) is 0 Å². The number of rotatable bonds is 3. The molecule has 0 aromatic carbocycles. The second kappa shape index (κ2) is 3.65. The van der Waals surface area contributed by atoms with Crippen molar-refractivity contribution in [2.24, 2.45) is 11.7 Å². The Kier molecular flexibility index (Phi) is 2.29. The third kappa shape index (κ3) is 1.50. The highest BCUT2D eigenvalue weighted by Crippen LogP contribution is 2.41. The van der Waals surface area contributed by atoms with E-state index in [9.17, 15) is 0 Å². The van der Waals surface area contributed by atoms with Gasteiger partial charge in [-0.15, -0.1) is 0 Å². The van der Waals surface area contributed by atoms with Crippen molar-refractivity contribution in [1.29, 1.82) is 0 Å². The Bertz CT molecular complexity index is 322. The van der Waals surface area contributed by atoms with Crippen LogP contribution in [0.5, 0.6) is 0 Å². The van der Waals surface area contributed by atoms with E-state index in [-0.39, 0.29) is 0 Å². The molecule has 1 saturated carbocycles. The van der Waals surface area contributed by atoms with Crippen LogP contribution in [0.1, 0.15) is 30.9 Å². The summed E-state index contributed by atoms with van der Waals surface area (Å²) in [5, 5.41) is 0. The molecule has 15 heavy (non-hydrogen) atoms. The molecule has 0 radical (unpaired) electrons. The van der Waals surface area contributed by atoms with Crippen molar-refractivity contribution in [2.75, 3.05) is 13.1 Å². The number of likely N-dealkylation sites (tertiary alicyclic amines) is 1. The molecule has 1 aliphatic heterocycles. The van der Waals surface area contributed by atoms with Crippen LogP contribution in [0.2, 0.25) is 0 Å². The Hall–Kier alpha value is -0.800. The van der Waals surface area contributed by atoms with Gasteiger partial charge in [-0.05, 0) is 31.2 Å². The molecule has 3 heteroatoms. The monoisotopic (exact) mass is 206 g/mol. The number of hydrogen-bond donors (Lipinski definition) is 1. The molecule has 1 aliphatic carbocycles. The largest absolute Gasteiger partial charge is 0.472 e. The van der Waals surface area contributed by atoms with Crippen LogP contribution in [-0.4, -0.2) is 24.0 Å². The summed E-state index contributed by atoms with van der Waals surface area (Å²) in [6.45, 7) is 1.93. The average molecular weight is 206 g/mol. The van der Waals surface area contributed by atoms with E-state index in [0.29, 0.717) is 12.6 Å². The Morgan fingerprint density at radius 2 is 2.47 bits per heavy atom. The van der Waals surface area contributed by atoms with E-state index >= 15 is 0 Å². The number of fused-ring (bicyclic) bond motifs is 2. The van der Waals surface area contributed by atoms with Gasteiger partial charge in [-0.3, -0.25) is 4.90 Å². The molecule has 3 rings (SSSR count). The van der Waals surface area contributed by atoms with E-state index in [1.807, 2.05) is 12.3 Å². The van der Waals surface area contributed by atoms with Gasteiger partial charge in [-0.25, -0.2) is 0 Å². The quantitative estimate of drug-likeness (QED) is 0.819. The predicted molar refractivity (Wildman–Crippen MR) is 58.3 cm³/mol. The lowest BCUT2D eigenvalue weighted by Gasteiger charge is -2.33. The highest BCUT2D eigenvalue weighted by molar-refractivity contribution is 5.14. The second-order valence-electron chi connectivity index (χ2n) is 4.84. The predicted octanol–water partition coefficient (Wildman–Crippen LogP) is 1.76. The molecule has 2 fully saturated rings. The molecule has 0 spiro atoms. The van der Waals surface area contributed by atoms with Crippen molar-refractivity contribution in [2.45, 2.75) is 31.3 Å². The summed E-state index contributed by atoms with van der Waals surface area (Å²) in [6.07, 6.45) is 7.74. The second-order valence-corrected chi connectivity index (χ2v) is 4.84.